The SMILES string of the molecule is CC(COc1ccc2ccccc2c1)OCCO.CCCCOCCOC(C)COc1ccc2ccccc2c1. The lowest BCUT2D eigenvalue weighted by atomic mass is 10.1. The van der Waals surface area contributed by atoms with Gasteiger partial charge < -0.3 is 28.8 Å². The van der Waals surface area contributed by atoms with Gasteiger partial charge in [0.1, 0.15) is 24.7 Å². The average molecular weight is 549 g/mol. The molecule has 0 bridgehead atoms. The van der Waals surface area contributed by atoms with Crippen molar-refractivity contribution in [2.75, 3.05) is 46.2 Å². The quantitative estimate of drug-likeness (QED) is 0.151. The van der Waals surface area contributed by atoms with Crippen LogP contribution in [-0.4, -0.2) is 63.6 Å². The van der Waals surface area contributed by atoms with Gasteiger partial charge in [0.25, 0.3) is 0 Å². The number of aliphatic hydroxyl groups is 1. The lowest BCUT2D eigenvalue weighted by Crippen LogP contribution is -2.20. The Morgan fingerprint density at radius 2 is 1.10 bits per heavy atom. The molecule has 0 aliphatic carbocycles. The zero-order chi connectivity index (χ0) is 28.4. The smallest absolute Gasteiger partial charge is 0.120 e. The molecule has 0 heterocycles. The van der Waals surface area contributed by atoms with E-state index in [9.17, 15) is 0 Å². The van der Waals surface area contributed by atoms with Crippen LogP contribution in [0.5, 0.6) is 11.5 Å². The van der Waals surface area contributed by atoms with Gasteiger partial charge in [-0.05, 0) is 66.1 Å². The number of ether oxygens (including phenoxy) is 5. The second-order valence-corrected chi connectivity index (χ2v) is 9.69. The van der Waals surface area contributed by atoms with Crippen molar-refractivity contribution in [2.24, 2.45) is 0 Å². The highest BCUT2D eigenvalue weighted by molar-refractivity contribution is 5.84. The van der Waals surface area contributed by atoms with Crippen LogP contribution in [0.1, 0.15) is 33.6 Å². The molecule has 0 radical (unpaired) electrons. The summed E-state index contributed by atoms with van der Waals surface area (Å²) in [5, 5.41) is 13.4. The minimum Gasteiger partial charge on any atom is -0.491 e. The lowest BCUT2D eigenvalue weighted by molar-refractivity contribution is -0.00617. The van der Waals surface area contributed by atoms with Gasteiger partial charge in [0.2, 0.25) is 0 Å². The average Bonchev–Trinajstić information content (AvgIpc) is 2.99. The second-order valence-electron chi connectivity index (χ2n) is 9.69. The van der Waals surface area contributed by atoms with E-state index in [2.05, 4.69) is 43.3 Å². The molecule has 0 saturated carbocycles. The van der Waals surface area contributed by atoms with E-state index in [1.807, 2.05) is 62.4 Å². The molecule has 0 amide bonds. The van der Waals surface area contributed by atoms with Gasteiger partial charge in [-0.1, -0.05) is 74.0 Å². The zero-order valence-electron chi connectivity index (χ0n) is 24.1. The molecule has 6 heteroatoms. The maximum absolute atomic E-state index is 8.65. The van der Waals surface area contributed by atoms with Crippen LogP contribution in [0.15, 0.2) is 84.9 Å². The fraction of sp³-hybridized carbons (Fsp3) is 0.412. The molecule has 2 atom stereocenters. The molecule has 6 nitrogen and oxygen atoms in total. The molecule has 2 unspecified atom stereocenters. The summed E-state index contributed by atoms with van der Waals surface area (Å²) in [4.78, 5) is 0. The number of aliphatic hydroxyl groups excluding tert-OH is 1. The van der Waals surface area contributed by atoms with E-state index in [-0.39, 0.29) is 18.8 Å². The Hall–Kier alpha value is -3.16. The van der Waals surface area contributed by atoms with Gasteiger partial charge in [0, 0.05) is 6.61 Å². The van der Waals surface area contributed by atoms with Crippen molar-refractivity contribution in [1.82, 2.24) is 0 Å². The molecule has 4 aromatic rings. The molecule has 0 spiro atoms. The molecule has 216 valence electrons. The van der Waals surface area contributed by atoms with Crippen LogP contribution in [0.4, 0.5) is 0 Å². The second kappa shape index (κ2) is 18.2. The molecule has 4 rings (SSSR count). The van der Waals surface area contributed by atoms with Crippen LogP contribution >= 0.6 is 0 Å². The van der Waals surface area contributed by atoms with E-state index in [0.29, 0.717) is 33.0 Å². The van der Waals surface area contributed by atoms with Crippen molar-refractivity contribution < 1.29 is 28.8 Å². The van der Waals surface area contributed by atoms with E-state index in [4.69, 9.17) is 28.8 Å². The first-order valence-corrected chi connectivity index (χ1v) is 14.2. The molecule has 1 N–H and O–H groups in total. The highest BCUT2D eigenvalue weighted by Gasteiger charge is 2.05. The van der Waals surface area contributed by atoms with E-state index in [1.165, 1.54) is 21.5 Å². The lowest BCUT2D eigenvalue weighted by Gasteiger charge is -2.14. The maximum Gasteiger partial charge on any atom is 0.120 e. The number of hydrogen-bond acceptors (Lipinski definition) is 6. The summed E-state index contributed by atoms with van der Waals surface area (Å²) in [5.74, 6) is 1.72. The Morgan fingerprint density at radius 1 is 0.600 bits per heavy atom. The van der Waals surface area contributed by atoms with Crippen molar-refractivity contribution in [3.63, 3.8) is 0 Å². The van der Waals surface area contributed by atoms with Crippen LogP contribution in [-0.2, 0) is 14.2 Å². The Bertz CT molecular complexity index is 1240. The summed E-state index contributed by atoms with van der Waals surface area (Å²) >= 11 is 0. The van der Waals surface area contributed by atoms with Crippen LogP contribution in [0.25, 0.3) is 21.5 Å². The summed E-state index contributed by atoms with van der Waals surface area (Å²) in [5.41, 5.74) is 0. The highest BCUT2D eigenvalue weighted by Crippen LogP contribution is 2.21. The number of rotatable bonds is 16. The van der Waals surface area contributed by atoms with E-state index >= 15 is 0 Å². The molecule has 0 fully saturated rings. The predicted molar refractivity (Wildman–Crippen MR) is 163 cm³/mol. The minimum absolute atomic E-state index is 0.0244. The first-order valence-electron chi connectivity index (χ1n) is 14.2. The van der Waals surface area contributed by atoms with Gasteiger partial charge in [0.15, 0.2) is 0 Å². The van der Waals surface area contributed by atoms with Gasteiger partial charge in [0.05, 0.1) is 38.6 Å². The van der Waals surface area contributed by atoms with Gasteiger partial charge in [-0.3, -0.25) is 0 Å². The molecular weight excluding hydrogens is 504 g/mol. The molecular formula is C34H44O6. The first-order chi connectivity index (χ1) is 19.6. The molecule has 0 aromatic heterocycles. The van der Waals surface area contributed by atoms with Crippen molar-refractivity contribution in [2.45, 2.75) is 45.8 Å². The highest BCUT2D eigenvalue weighted by atomic mass is 16.6. The summed E-state index contributed by atoms with van der Waals surface area (Å²) < 4.78 is 27.9. The van der Waals surface area contributed by atoms with Crippen molar-refractivity contribution in [1.29, 1.82) is 0 Å². The number of benzene rings is 4. The minimum atomic E-state index is -0.0244. The van der Waals surface area contributed by atoms with Crippen LogP contribution < -0.4 is 9.47 Å². The predicted octanol–water partition coefficient (Wildman–Crippen LogP) is 7.06. The fourth-order valence-corrected chi connectivity index (χ4v) is 3.95. The first kappa shape index (κ1) is 31.4. The van der Waals surface area contributed by atoms with Crippen molar-refractivity contribution in [3.8, 4) is 11.5 Å². The number of hydrogen-bond donors (Lipinski definition) is 1. The summed E-state index contributed by atoms with van der Waals surface area (Å²) in [7, 11) is 0. The van der Waals surface area contributed by atoms with Gasteiger partial charge >= 0.3 is 0 Å². The van der Waals surface area contributed by atoms with Crippen LogP contribution in [0.3, 0.4) is 0 Å². The number of unbranched alkanes of at least 4 members (excludes halogenated alkanes) is 1. The number of fused-ring (bicyclic) bond motifs is 2. The summed E-state index contributed by atoms with van der Waals surface area (Å²) in [6, 6.07) is 28.6. The third-order valence-electron chi connectivity index (χ3n) is 6.18. The van der Waals surface area contributed by atoms with E-state index < -0.39 is 0 Å². The zero-order valence-corrected chi connectivity index (χ0v) is 24.1. The molecule has 0 aliphatic heterocycles. The van der Waals surface area contributed by atoms with Crippen LogP contribution in [0.2, 0.25) is 0 Å². The van der Waals surface area contributed by atoms with E-state index in [0.717, 1.165) is 30.9 Å². The largest absolute Gasteiger partial charge is 0.491 e. The third-order valence-corrected chi connectivity index (χ3v) is 6.18. The summed E-state index contributed by atoms with van der Waals surface area (Å²) in [6.07, 6.45) is 2.31. The van der Waals surface area contributed by atoms with Crippen LogP contribution in [0, 0.1) is 0 Å². The Morgan fingerprint density at radius 3 is 1.60 bits per heavy atom. The van der Waals surface area contributed by atoms with Crippen molar-refractivity contribution in [3.05, 3.63) is 84.9 Å². The molecule has 0 aliphatic rings. The third kappa shape index (κ3) is 11.5. The topological polar surface area (TPSA) is 66.4 Å². The Balaban J connectivity index is 0.000000225. The van der Waals surface area contributed by atoms with Gasteiger partial charge in [-0.15, -0.1) is 0 Å². The Kier molecular flexibility index (Phi) is 14.3. The molecule has 0 saturated heterocycles. The Labute approximate surface area is 238 Å². The summed E-state index contributed by atoms with van der Waals surface area (Å²) in [6.45, 7) is 9.62. The van der Waals surface area contributed by atoms with Gasteiger partial charge in [-0.2, -0.15) is 0 Å². The monoisotopic (exact) mass is 548 g/mol. The van der Waals surface area contributed by atoms with Crippen molar-refractivity contribution >= 4 is 21.5 Å². The maximum atomic E-state index is 8.65. The standard InChI is InChI=1S/C19H26O3.C15H18O3/c1-3-4-11-20-12-13-21-16(2)15-22-19-10-9-17-7-5-6-8-18(17)14-19;1-12(17-9-8-16)11-18-15-7-6-13-4-2-3-5-14(13)10-15/h5-10,14,16H,3-4,11-13,15H2,1-2H3;2-7,10,12,16H,8-9,11H2,1H3. The van der Waals surface area contributed by atoms with Gasteiger partial charge in [-0.25, -0.2) is 0 Å². The fourth-order valence-electron chi connectivity index (χ4n) is 3.95. The molecule has 40 heavy (non-hydrogen) atoms. The normalized spacial score (nSPS) is 12.5. The molecule has 4 aromatic carbocycles. The van der Waals surface area contributed by atoms with E-state index in [1.54, 1.807) is 0 Å².